The van der Waals surface area contributed by atoms with E-state index in [-0.39, 0.29) is 22.8 Å². The van der Waals surface area contributed by atoms with Gasteiger partial charge in [0.1, 0.15) is 11.5 Å². The molecule has 3 aromatic rings. The van der Waals surface area contributed by atoms with Crippen molar-refractivity contribution < 1.29 is 29.3 Å². The predicted molar refractivity (Wildman–Crippen MR) is 151 cm³/mol. The number of rotatable bonds is 8. The number of anilines is 1. The highest BCUT2D eigenvalue weighted by atomic mass is 16.5. The number of phenolic OH excluding ortho intramolecular Hbond substituents is 1. The molecular weight excluding hydrogens is 494 g/mol. The topological polar surface area (TPSA) is 96.3 Å². The highest BCUT2D eigenvalue weighted by Gasteiger charge is 2.47. The first-order valence-corrected chi connectivity index (χ1v) is 13.0. The van der Waals surface area contributed by atoms with Gasteiger partial charge in [0.2, 0.25) is 0 Å². The van der Waals surface area contributed by atoms with Crippen LogP contribution in [0.5, 0.6) is 17.2 Å². The lowest BCUT2D eigenvalue weighted by Crippen LogP contribution is -2.29. The molecule has 7 nitrogen and oxygen atoms in total. The molecule has 0 aliphatic carbocycles. The lowest BCUT2D eigenvalue weighted by atomic mass is 9.94. The molecule has 2 N–H and O–H groups in total. The molecule has 39 heavy (non-hydrogen) atoms. The first-order chi connectivity index (χ1) is 18.5. The fraction of sp³-hybridized carbons (Fsp3) is 0.312. The van der Waals surface area contributed by atoms with Crippen molar-refractivity contribution >= 4 is 23.1 Å². The number of carbonyl (C=O) groups is 2. The fourth-order valence-corrected chi connectivity index (χ4v) is 4.68. The van der Waals surface area contributed by atoms with Gasteiger partial charge in [0.05, 0.1) is 25.3 Å². The van der Waals surface area contributed by atoms with Crippen LogP contribution >= 0.6 is 0 Å². The van der Waals surface area contributed by atoms with Gasteiger partial charge in [0, 0.05) is 11.3 Å². The van der Waals surface area contributed by atoms with Gasteiger partial charge in [-0.25, -0.2) is 0 Å². The van der Waals surface area contributed by atoms with E-state index in [9.17, 15) is 19.8 Å². The quantitative estimate of drug-likeness (QED) is 0.197. The van der Waals surface area contributed by atoms with Gasteiger partial charge in [-0.3, -0.25) is 14.5 Å². The van der Waals surface area contributed by atoms with Crippen molar-refractivity contribution in [3.05, 3.63) is 88.5 Å². The van der Waals surface area contributed by atoms with Gasteiger partial charge < -0.3 is 19.7 Å². The zero-order valence-electron chi connectivity index (χ0n) is 23.2. The number of nitrogens with zero attached hydrogens (tertiary/aromatic N) is 1. The number of aliphatic hydroxyl groups excluding tert-OH is 1. The number of hydrogen-bond acceptors (Lipinski definition) is 6. The molecule has 1 aliphatic heterocycles. The number of Topliss-reactive ketones (excluding diaryl/α,β-unsaturated/α-hetero) is 1. The zero-order chi connectivity index (χ0) is 28.4. The third-order valence-corrected chi connectivity index (χ3v) is 6.82. The maximum Gasteiger partial charge on any atom is 0.300 e. The minimum Gasteiger partial charge on any atom is -0.507 e. The van der Waals surface area contributed by atoms with E-state index in [0.717, 1.165) is 11.1 Å². The Labute approximate surface area is 229 Å². The number of aliphatic hydroxyl groups is 1. The highest BCUT2D eigenvalue weighted by molar-refractivity contribution is 6.51. The molecule has 4 rings (SSSR count). The second kappa shape index (κ2) is 11.2. The summed E-state index contributed by atoms with van der Waals surface area (Å²) in [5, 5.41) is 22.0. The molecule has 3 aromatic carbocycles. The number of benzene rings is 3. The maximum atomic E-state index is 13.5. The number of methoxy groups -OCH3 is 1. The molecule has 0 aromatic heterocycles. The van der Waals surface area contributed by atoms with Crippen molar-refractivity contribution in [1.29, 1.82) is 0 Å². The zero-order valence-corrected chi connectivity index (χ0v) is 23.2. The summed E-state index contributed by atoms with van der Waals surface area (Å²) in [7, 11) is 1.44. The average Bonchev–Trinajstić information content (AvgIpc) is 3.17. The van der Waals surface area contributed by atoms with Crippen LogP contribution in [0.1, 0.15) is 61.9 Å². The number of ether oxygens (including phenoxy) is 2. The Balaban J connectivity index is 1.86. The first kappa shape index (κ1) is 27.8. The van der Waals surface area contributed by atoms with Gasteiger partial charge in [-0.15, -0.1) is 0 Å². The summed E-state index contributed by atoms with van der Waals surface area (Å²) in [6.07, 6.45) is 0. The van der Waals surface area contributed by atoms with Crippen molar-refractivity contribution in [2.24, 2.45) is 5.92 Å². The molecule has 1 fully saturated rings. The van der Waals surface area contributed by atoms with Crippen LogP contribution in [0.25, 0.3) is 5.76 Å². The second-order valence-corrected chi connectivity index (χ2v) is 10.5. The van der Waals surface area contributed by atoms with E-state index in [2.05, 4.69) is 27.7 Å². The fourth-order valence-electron chi connectivity index (χ4n) is 4.68. The van der Waals surface area contributed by atoms with Gasteiger partial charge in [-0.1, -0.05) is 45.9 Å². The Morgan fingerprint density at radius 3 is 2.18 bits per heavy atom. The number of carbonyl (C=O) groups excluding carboxylic acids is 2. The lowest BCUT2D eigenvalue weighted by Gasteiger charge is -2.26. The summed E-state index contributed by atoms with van der Waals surface area (Å²) in [6.45, 7) is 10.7. The van der Waals surface area contributed by atoms with E-state index >= 15 is 0 Å². The minimum atomic E-state index is -0.969. The number of phenols is 1. The molecule has 0 radical (unpaired) electrons. The monoisotopic (exact) mass is 529 g/mol. The third-order valence-electron chi connectivity index (χ3n) is 6.82. The SMILES string of the molecule is COc1ccc(C2/C(=C(/O)c3ccc(OCC(C)C)c(C)c3)C(=O)C(=O)N2c2ccc(C(C)C)cc2)cc1O. The van der Waals surface area contributed by atoms with Crippen LogP contribution in [-0.4, -0.2) is 35.6 Å². The maximum absolute atomic E-state index is 13.5. The average molecular weight is 530 g/mol. The van der Waals surface area contributed by atoms with Crippen molar-refractivity contribution in [2.45, 2.75) is 46.6 Å². The van der Waals surface area contributed by atoms with E-state index < -0.39 is 17.7 Å². The van der Waals surface area contributed by atoms with Crippen molar-refractivity contribution in [3.63, 3.8) is 0 Å². The standard InChI is InChI=1S/C32H35NO6/c1-18(2)17-39-26-13-10-23(15-20(26)5)30(35)28-29(22-9-14-27(38-6)25(34)16-22)33(32(37)31(28)36)24-11-7-21(8-12-24)19(3)4/h7-16,18-19,29,34-35H,17H2,1-6H3/b30-28-. The largest absolute Gasteiger partial charge is 0.507 e. The molecular formula is C32H35NO6. The van der Waals surface area contributed by atoms with Gasteiger partial charge in [-0.05, 0) is 77.9 Å². The Bertz CT molecular complexity index is 1420. The first-order valence-electron chi connectivity index (χ1n) is 13.0. The van der Waals surface area contributed by atoms with Gasteiger partial charge in [0.25, 0.3) is 11.7 Å². The van der Waals surface area contributed by atoms with E-state index in [1.807, 2.05) is 19.1 Å². The number of hydrogen-bond donors (Lipinski definition) is 2. The Kier molecular flexibility index (Phi) is 8.00. The number of amides is 1. The Morgan fingerprint density at radius 2 is 1.62 bits per heavy atom. The molecule has 204 valence electrons. The molecule has 0 bridgehead atoms. The second-order valence-electron chi connectivity index (χ2n) is 10.5. The summed E-state index contributed by atoms with van der Waals surface area (Å²) < 4.78 is 11.0. The van der Waals surface area contributed by atoms with Gasteiger partial charge in [0.15, 0.2) is 11.5 Å². The van der Waals surface area contributed by atoms with Gasteiger partial charge in [-0.2, -0.15) is 0 Å². The third kappa shape index (κ3) is 5.48. The molecule has 1 aliphatic rings. The highest BCUT2D eigenvalue weighted by Crippen LogP contribution is 2.44. The number of aryl methyl sites for hydroxylation is 1. The summed E-state index contributed by atoms with van der Waals surface area (Å²) in [4.78, 5) is 28.3. The summed E-state index contributed by atoms with van der Waals surface area (Å²) in [5.74, 6) is -0.427. The molecule has 0 spiro atoms. The van der Waals surface area contributed by atoms with E-state index in [1.165, 1.54) is 18.1 Å². The van der Waals surface area contributed by atoms with Crippen molar-refractivity contribution in [2.75, 3.05) is 18.6 Å². The minimum absolute atomic E-state index is 0.0623. The lowest BCUT2D eigenvalue weighted by molar-refractivity contribution is -0.132. The van der Waals surface area contributed by atoms with Crippen molar-refractivity contribution in [3.8, 4) is 17.2 Å². The van der Waals surface area contributed by atoms with Crippen LogP contribution in [0, 0.1) is 12.8 Å². The normalized spacial score (nSPS) is 16.8. The van der Waals surface area contributed by atoms with Crippen LogP contribution < -0.4 is 14.4 Å². The molecule has 1 saturated heterocycles. The van der Waals surface area contributed by atoms with Gasteiger partial charge >= 0.3 is 0 Å². The molecule has 1 heterocycles. The molecule has 1 amide bonds. The van der Waals surface area contributed by atoms with Crippen LogP contribution in [0.2, 0.25) is 0 Å². The van der Waals surface area contributed by atoms with Crippen LogP contribution in [0.15, 0.2) is 66.2 Å². The Hall–Kier alpha value is -4.26. The van der Waals surface area contributed by atoms with E-state index in [1.54, 1.807) is 42.5 Å². The molecule has 7 heteroatoms. The van der Waals surface area contributed by atoms with Crippen molar-refractivity contribution in [1.82, 2.24) is 0 Å². The summed E-state index contributed by atoms with van der Waals surface area (Å²) >= 11 is 0. The number of ketones is 1. The van der Waals surface area contributed by atoms with E-state index in [0.29, 0.717) is 41.0 Å². The van der Waals surface area contributed by atoms with Crippen LogP contribution in [0.4, 0.5) is 5.69 Å². The van der Waals surface area contributed by atoms with Crippen LogP contribution in [-0.2, 0) is 9.59 Å². The molecule has 0 saturated carbocycles. The van der Waals surface area contributed by atoms with Crippen LogP contribution in [0.3, 0.4) is 0 Å². The summed E-state index contributed by atoms with van der Waals surface area (Å²) in [6, 6.07) is 16.3. The predicted octanol–water partition coefficient (Wildman–Crippen LogP) is 6.49. The summed E-state index contributed by atoms with van der Waals surface area (Å²) in [5.41, 5.74) is 3.17. The van der Waals surface area contributed by atoms with E-state index in [4.69, 9.17) is 9.47 Å². The number of aromatic hydroxyl groups is 1. The molecule has 1 atom stereocenters. The smallest absolute Gasteiger partial charge is 0.300 e. The Morgan fingerprint density at radius 1 is 0.949 bits per heavy atom. The molecule has 1 unspecified atom stereocenters.